The summed E-state index contributed by atoms with van der Waals surface area (Å²) in [6.45, 7) is 4.86. The number of carbonyl (C=O) groups excluding carboxylic acids is 1. The summed E-state index contributed by atoms with van der Waals surface area (Å²) in [5.41, 5.74) is 6.34. The van der Waals surface area contributed by atoms with E-state index in [4.69, 9.17) is 10.5 Å². The van der Waals surface area contributed by atoms with E-state index in [-0.39, 0.29) is 5.91 Å². The molecule has 0 aromatic heterocycles. The predicted octanol–water partition coefficient (Wildman–Crippen LogP) is 2.84. The highest BCUT2D eigenvalue weighted by atomic mass is 79.9. The first kappa shape index (κ1) is 17.0. The number of methoxy groups -OCH3 is 1. The number of halogens is 1. The SMILES string of the molecule is CCC(CC)(CN)C(=O)NCc1ccc(OC)c(Br)c1. The van der Waals surface area contributed by atoms with Crippen LogP contribution in [0.2, 0.25) is 0 Å². The van der Waals surface area contributed by atoms with E-state index in [1.165, 1.54) is 0 Å². The second kappa shape index (κ2) is 7.64. The molecular weight excluding hydrogens is 320 g/mol. The molecular formula is C15H23BrN2O2. The van der Waals surface area contributed by atoms with Gasteiger partial charge in [-0.3, -0.25) is 4.79 Å². The zero-order valence-electron chi connectivity index (χ0n) is 12.3. The molecule has 0 fully saturated rings. The van der Waals surface area contributed by atoms with Crippen molar-refractivity contribution >= 4 is 21.8 Å². The molecule has 20 heavy (non-hydrogen) atoms. The summed E-state index contributed by atoms with van der Waals surface area (Å²) in [7, 11) is 1.62. The number of hydrogen-bond acceptors (Lipinski definition) is 3. The van der Waals surface area contributed by atoms with Gasteiger partial charge in [0.05, 0.1) is 17.0 Å². The number of rotatable bonds is 7. The van der Waals surface area contributed by atoms with Gasteiger partial charge in [-0.15, -0.1) is 0 Å². The number of ether oxygens (including phenoxy) is 1. The van der Waals surface area contributed by atoms with Gasteiger partial charge in [0.2, 0.25) is 5.91 Å². The van der Waals surface area contributed by atoms with E-state index in [0.717, 1.165) is 28.6 Å². The summed E-state index contributed by atoms with van der Waals surface area (Å²) in [6, 6.07) is 5.76. The third-order valence-corrected chi connectivity index (χ3v) is 4.51. The number of amides is 1. The number of benzene rings is 1. The Morgan fingerprint density at radius 3 is 2.50 bits per heavy atom. The highest BCUT2D eigenvalue weighted by Crippen LogP contribution is 2.27. The molecule has 1 aromatic rings. The Balaban J connectivity index is 2.71. The Bertz CT molecular complexity index is 451. The van der Waals surface area contributed by atoms with Gasteiger partial charge in [0.1, 0.15) is 5.75 Å². The van der Waals surface area contributed by atoms with Gasteiger partial charge in [0.25, 0.3) is 0 Å². The fourth-order valence-electron chi connectivity index (χ4n) is 2.14. The van der Waals surface area contributed by atoms with Crippen LogP contribution >= 0.6 is 15.9 Å². The van der Waals surface area contributed by atoms with E-state index in [1.54, 1.807) is 7.11 Å². The quantitative estimate of drug-likeness (QED) is 0.800. The Morgan fingerprint density at radius 1 is 1.40 bits per heavy atom. The van der Waals surface area contributed by atoms with Crippen molar-refractivity contribution in [1.29, 1.82) is 0 Å². The monoisotopic (exact) mass is 342 g/mol. The van der Waals surface area contributed by atoms with Gasteiger partial charge in [0, 0.05) is 13.1 Å². The Morgan fingerprint density at radius 2 is 2.05 bits per heavy atom. The van der Waals surface area contributed by atoms with Crippen LogP contribution in [0.1, 0.15) is 32.3 Å². The largest absolute Gasteiger partial charge is 0.496 e. The molecule has 0 radical (unpaired) electrons. The fraction of sp³-hybridized carbons (Fsp3) is 0.533. The molecule has 4 nitrogen and oxygen atoms in total. The lowest BCUT2D eigenvalue weighted by Gasteiger charge is -2.28. The lowest BCUT2D eigenvalue weighted by molar-refractivity contribution is -0.131. The molecule has 0 heterocycles. The summed E-state index contributed by atoms with van der Waals surface area (Å²) < 4.78 is 6.06. The van der Waals surface area contributed by atoms with E-state index in [0.29, 0.717) is 13.1 Å². The van der Waals surface area contributed by atoms with Crippen LogP contribution in [0.15, 0.2) is 22.7 Å². The molecule has 5 heteroatoms. The molecule has 0 saturated heterocycles. The van der Waals surface area contributed by atoms with Crippen LogP contribution in [0.4, 0.5) is 0 Å². The molecule has 0 spiro atoms. The molecule has 1 amide bonds. The Kier molecular flexibility index (Phi) is 6.49. The van der Waals surface area contributed by atoms with Gasteiger partial charge in [0.15, 0.2) is 0 Å². The topological polar surface area (TPSA) is 64.4 Å². The minimum absolute atomic E-state index is 0.0249. The number of carbonyl (C=O) groups is 1. The number of hydrogen-bond donors (Lipinski definition) is 2. The van der Waals surface area contributed by atoms with Crippen LogP contribution in [-0.4, -0.2) is 19.6 Å². The highest BCUT2D eigenvalue weighted by molar-refractivity contribution is 9.10. The average Bonchev–Trinajstić information content (AvgIpc) is 2.47. The fourth-order valence-corrected chi connectivity index (χ4v) is 2.73. The first-order chi connectivity index (χ1) is 9.52. The van der Waals surface area contributed by atoms with Crippen molar-refractivity contribution in [1.82, 2.24) is 5.32 Å². The lowest BCUT2D eigenvalue weighted by atomic mass is 9.81. The third-order valence-electron chi connectivity index (χ3n) is 3.90. The van der Waals surface area contributed by atoms with Gasteiger partial charge in [-0.25, -0.2) is 0 Å². The van der Waals surface area contributed by atoms with Gasteiger partial charge >= 0.3 is 0 Å². The molecule has 3 N–H and O–H groups in total. The summed E-state index contributed by atoms with van der Waals surface area (Å²) >= 11 is 3.44. The van der Waals surface area contributed by atoms with Crippen molar-refractivity contribution in [2.24, 2.45) is 11.1 Å². The number of nitrogens with two attached hydrogens (primary N) is 1. The highest BCUT2D eigenvalue weighted by Gasteiger charge is 2.32. The maximum atomic E-state index is 12.3. The van der Waals surface area contributed by atoms with Gasteiger partial charge in [-0.2, -0.15) is 0 Å². The molecule has 1 rings (SSSR count). The van der Waals surface area contributed by atoms with Gasteiger partial charge in [-0.05, 0) is 46.5 Å². The molecule has 0 bridgehead atoms. The maximum Gasteiger partial charge on any atom is 0.227 e. The van der Waals surface area contributed by atoms with Crippen LogP contribution in [0.5, 0.6) is 5.75 Å². The second-order valence-electron chi connectivity index (χ2n) is 4.84. The van der Waals surface area contributed by atoms with Crippen molar-refractivity contribution in [3.8, 4) is 5.75 Å². The zero-order chi connectivity index (χ0) is 15.2. The molecule has 1 aromatic carbocycles. The van der Waals surface area contributed by atoms with Crippen molar-refractivity contribution in [3.05, 3.63) is 28.2 Å². The van der Waals surface area contributed by atoms with Crippen LogP contribution in [0.25, 0.3) is 0 Å². The molecule has 0 aliphatic carbocycles. The molecule has 0 unspecified atom stereocenters. The van der Waals surface area contributed by atoms with E-state index < -0.39 is 5.41 Å². The first-order valence-corrected chi connectivity index (χ1v) is 7.63. The standard InChI is InChI=1S/C15H23BrN2O2/c1-4-15(5-2,10-17)14(19)18-9-11-6-7-13(20-3)12(16)8-11/h6-8H,4-5,9-10,17H2,1-3H3,(H,18,19). The zero-order valence-corrected chi connectivity index (χ0v) is 13.9. The van der Waals surface area contributed by atoms with Crippen LogP contribution in [-0.2, 0) is 11.3 Å². The van der Waals surface area contributed by atoms with Crippen molar-refractivity contribution in [2.45, 2.75) is 33.2 Å². The lowest BCUT2D eigenvalue weighted by Crippen LogP contribution is -2.45. The Hall–Kier alpha value is -1.07. The second-order valence-corrected chi connectivity index (χ2v) is 5.70. The van der Waals surface area contributed by atoms with E-state index >= 15 is 0 Å². The summed E-state index contributed by atoms with van der Waals surface area (Å²) in [5, 5.41) is 2.98. The molecule has 0 atom stereocenters. The normalized spacial score (nSPS) is 11.2. The number of nitrogens with one attached hydrogen (secondary N) is 1. The van der Waals surface area contributed by atoms with Gasteiger partial charge < -0.3 is 15.8 Å². The predicted molar refractivity (Wildman–Crippen MR) is 84.6 cm³/mol. The van der Waals surface area contributed by atoms with Gasteiger partial charge in [-0.1, -0.05) is 19.9 Å². The average molecular weight is 343 g/mol. The first-order valence-electron chi connectivity index (χ1n) is 6.83. The molecule has 0 aliphatic heterocycles. The minimum atomic E-state index is -0.455. The van der Waals surface area contributed by atoms with Crippen LogP contribution in [0, 0.1) is 5.41 Å². The molecule has 0 aliphatic rings. The van der Waals surface area contributed by atoms with E-state index in [9.17, 15) is 4.79 Å². The minimum Gasteiger partial charge on any atom is -0.496 e. The van der Waals surface area contributed by atoms with E-state index in [2.05, 4.69) is 21.2 Å². The summed E-state index contributed by atoms with van der Waals surface area (Å²) in [6.07, 6.45) is 1.50. The van der Waals surface area contributed by atoms with E-state index in [1.807, 2.05) is 32.0 Å². The molecule has 0 saturated carbocycles. The van der Waals surface area contributed by atoms with Crippen LogP contribution in [0.3, 0.4) is 0 Å². The maximum absolute atomic E-state index is 12.3. The van der Waals surface area contributed by atoms with Crippen molar-refractivity contribution in [2.75, 3.05) is 13.7 Å². The Labute approximate surface area is 129 Å². The third kappa shape index (κ3) is 3.73. The summed E-state index contributed by atoms with van der Waals surface area (Å²) in [4.78, 5) is 12.3. The van der Waals surface area contributed by atoms with Crippen molar-refractivity contribution < 1.29 is 9.53 Å². The summed E-state index contributed by atoms with van der Waals surface area (Å²) in [5.74, 6) is 0.801. The van der Waals surface area contributed by atoms with Crippen LogP contribution < -0.4 is 15.8 Å². The molecule has 112 valence electrons. The van der Waals surface area contributed by atoms with Crippen molar-refractivity contribution in [3.63, 3.8) is 0 Å². The smallest absolute Gasteiger partial charge is 0.227 e.